The Morgan fingerprint density at radius 2 is 1.87 bits per heavy atom. The van der Waals surface area contributed by atoms with Gasteiger partial charge in [0.1, 0.15) is 12.1 Å². The van der Waals surface area contributed by atoms with Gasteiger partial charge in [-0.05, 0) is 23.6 Å². The van der Waals surface area contributed by atoms with Gasteiger partial charge in [0.15, 0.2) is 17.6 Å². The minimum atomic E-state index is -2.86. The topological polar surface area (TPSA) is 199 Å². The van der Waals surface area contributed by atoms with Crippen molar-refractivity contribution in [3.8, 4) is 0 Å². The summed E-state index contributed by atoms with van der Waals surface area (Å²) in [7, 11) is 0. The van der Waals surface area contributed by atoms with Gasteiger partial charge in [-0.25, -0.2) is 18.8 Å². The van der Waals surface area contributed by atoms with Crippen molar-refractivity contribution in [2.75, 3.05) is 13.1 Å². The number of nitrogens with one attached hydrogen (secondary N) is 2. The number of likely N-dealkylation sites (tertiary alicyclic amines) is 1. The molecule has 8 N–H and O–H groups in total. The molecule has 0 aromatic heterocycles. The predicted octanol–water partition coefficient (Wildman–Crippen LogP) is -2.27. The molecule has 1 aliphatic carbocycles. The van der Waals surface area contributed by atoms with Gasteiger partial charge in [-0.2, -0.15) is 0 Å². The number of hydrogen-bond donors (Lipinski definition) is 6. The van der Waals surface area contributed by atoms with Crippen LogP contribution in [0.3, 0.4) is 0 Å². The number of guanidine groups is 2. The van der Waals surface area contributed by atoms with Crippen LogP contribution in [0.2, 0.25) is 0 Å². The lowest BCUT2D eigenvalue weighted by atomic mass is 9.84. The normalized spacial score (nSPS) is 32.2. The van der Waals surface area contributed by atoms with E-state index in [1.807, 2.05) is 0 Å². The highest BCUT2D eigenvalue weighted by molar-refractivity contribution is 6.02. The first-order valence-electron chi connectivity index (χ1n) is 12.6. The molecule has 4 aliphatic heterocycles. The molecule has 0 radical (unpaired) electrons. The second kappa shape index (κ2) is 8.32. The summed E-state index contributed by atoms with van der Waals surface area (Å²) in [5, 5.41) is 28.6. The number of imide groups is 1. The van der Waals surface area contributed by atoms with Crippen LogP contribution in [0.25, 0.3) is 0 Å². The van der Waals surface area contributed by atoms with Gasteiger partial charge in [0, 0.05) is 37.8 Å². The number of carbonyl (C=O) groups excluding carboxylic acids is 3. The zero-order valence-corrected chi connectivity index (χ0v) is 20.7. The van der Waals surface area contributed by atoms with Crippen LogP contribution in [0.15, 0.2) is 28.2 Å². The molecule has 5 aliphatic rings. The molecule has 39 heavy (non-hydrogen) atoms. The van der Waals surface area contributed by atoms with E-state index < -0.39 is 54.2 Å². The predicted molar refractivity (Wildman–Crippen MR) is 131 cm³/mol. The lowest BCUT2D eigenvalue weighted by Crippen LogP contribution is -2.78. The lowest BCUT2D eigenvalue weighted by molar-refractivity contribution is -0.230. The molecule has 208 valence electrons. The van der Waals surface area contributed by atoms with Crippen molar-refractivity contribution >= 4 is 29.6 Å². The minimum Gasteiger partial charge on any atom is -0.370 e. The van der Waals surface area contributed by atoms with Gasteiger partial charge in [-0.1, -0.05) is 12.1 Å². The van der Waals surface area contributed by atoms with Gasteiger partial charge < -0.3 is 37.2 Å². The Morgan fingerprint density at radius 3 is 2.59 bits per heavy atom. The number of halogens is 2. The van der Waals surface area contributed by atoms with Crippen molar-refractivity contribution in [1.29, 1.82) is 0 Å². The van der Waals surface area contributed by atoms with Crippen molar-refractivity contribution in [3.05, 3.63) is 34.9 Å². The molecule has 0 bridgehead atoms. The number of fused-ring (bicyclic) bond motifs is 1. The maximum Gasteiger partial charge on any atom is 0.252 e. The summed E-state index contributed by atoms with van der Waals surface area (Å²) in [6.45, 7) is -0.396. The van der Waals surface area contributed by atoms with E-state index in [1.54, 1.807) is 6.07 Å². The number of nitrogens with zero attached hydrogens (tertiary/aromatic N) is 4. The second-order valence-corrected chi connectivity index (χ2v) is 10.6. The van der Waals surface area contributed by atoms with Gasteiger partial charge in [0.05, 0.1) is 12.6 Å². The van der Waals surface area contributed by atoms with Crippen LogP contribution in [0.1, 0.15) is 40.7 Å². The molecule has 2 fully saturated rings. The van der Waals surface area contributed by atoms with E-state index >= 15 is 0 Å². The molecule has 0 saturated carbocycles. The van der Waals surface area contributed by atoms with E-state index in [9.17, 15) is 33.4 Å². The van der Waals surface area contributed by atoms with Crippen molar-refractivity contribution in [2.45, 2.75) is 67.6 Å². The van der Waals surface area contributed by atoms with E-state index in [0.717, 1.165) is 4.90 Å². The largest absolute Gasteiger partial charge is 0.370 e. The van der Waals surface area contributed by atoms with Gasteiger partial charge in [0.25, 0.3) is 11.8 Å². The average Bonchev–Trinajstić information content (AvgIpc) is 3.45. The molecular formula is C24H28F2N8O5. The highest BCUT2D eigenvalue weighted by Gasteiger charge is 2.73. The van der Waals surface area contributed by atoms with Crippen molar-refractivity contribution in [1.82, 2.24) is 20.4 Å². The van der Waals surface area contributed by atoms with Crippen LogP contribution in [0.5, 0.6) is 0 Å². The molecule has 4 atom stereocenters. The molecule has 13 nitrogen and oxygen atoms in total. The number of rotatable bonds is 4. The van der Waals surface area contributed by atoms with E-state index in [2.05, 4.69) is 20.6 Å². The first kappa shape index (κ1) is 25.4. The number of benzene rings is 1. The molecule has 1 spiro atoms. The average molecular weight is 547 g/mol. The molecule has 1 aromatic rings. The van der Waals surface area contributed by atoms with Crippen LogP contribution in [-0.2, 0) is 22.4 Å². The summed E-state index contributed by atoms with van der Waals surface area (Å²) >= 11 is 0. The zero-order chi connectivity index (χ0) is 27.9. The fraction of sp³-hybridized carbons (Fsp3) is 0.542. The number of carbonyl (C=O) groups is 3. The molecule has 1 aromatic carbocycles. The van der Waals surface area contributed by atoms with Gasteiger partial charge in [-0.15, -0.1) is 0 Å². The van der Waals surface area contributed by atoms with Crippen LogP contribution in [0.4, 0.5) is 8.78 Å². The molecule has 3 unspecified atom stereocenters. The number of amides is 3. The number of nitrogens with two attached hydrogens (primary N) is 2. The van der Waals surface area contributed by atoms with Crippen molar-refractivity contribution in [3.63, 3.8) is 0 Å². The van der Waals surface area contributed by atoms with E-state index in [-0.39, 0.29) is 61.6 Å². The summed E-state index contributed by atoms with van der Waals surface area (Å²) in [5.74, 6) is -7.29. The van der Waals surface area contributed by atoms with E-state index in [4.69, 9.17) is 11.5 Å². The van der Waals surface area contributed by atoms with Gasteiger partial charge >= 0.3 is 0 Å². The van der Waals surface area contributed by atoms with Crippen molar-refractivity contribution in [2.24, 2.45) is 21.5 Å². The molecule has 3 amide bonds. The molecular weight excluding hydrogens is 518 g/mol. The maximum absolute atomic E-state index is 13.9. The summed E-state index contributed by atoms with van der Waals surface area (Å²) < 4.78 is 27.9. The molecule has 2 saturated heterocycles. The van der Waals surface area contributed by atoms with Gasteiger partial charge in [0.2, 0.25) is 17.6 Å². The summed E-state index contributed by atoms with van der Waals surface area (Å²) in [4.78, 5) is 49.0. The van der Waals surface area contributed by atoms with Crippen LogP contribution in [0, 0.1) is 0 Å². The lowest BCUT2D eigenvalue weighted by Gasteiger charge is -2.49. The summed E-state index contributed by atoms with van der Waals surface area (Å²) in [6.07, 6.45) is -0.747. The second-order valence-electron chi connectivity index (χ2n) is 10.6. The third-order valence-corrected chi connectivity index (χ3v) is 8.34. The Hall–Kier alpha value is -3.85. The van der Waals surface area contributed by atoms with E-state index in [0.29, 0.717) is 11.1 Å². The highest BCUT2D eigenvalue weighted by atomic mass is 19.3. The third-order valence-electron chi connectivity index (χ3n) is 8.34. The van der Waals surface area contributed by atoms with Crippen LogP contribution < -0.4 is 22.1 Å². The fourth-order valence-corrected chi connectivity index (χ4v) is 6.47. The number of aliphatic imine (C=N–C) groups is 2. The number of aliphatic hydroxyl groups is 2. The van der Waals surface area contributed by atoms with Crippen molar-refractivity contribution < 1.29 is 33.4 Å². The molecule has 6 rings (SSSR count). The molecule has 15 heteroatoms. The number of hydrogen-bond acceptors (Lipinski definition) is 11. The fourth-order valence-electron chi connectivity index (χ4n) is 6.47. The smallest absolute Gasteiger partial charge is 0.252 e. The van der Waals surface area contributed by atoms with Crippen LogP contribution in [-0.4, -0.2) is 98.2 Å². The van der Waals surface area contributed by atoms with Gasteiger partial charge in [-0.3, -0.25) is 19.3 Å². The first-order valence-corrected chi connectivity index (χ1v) is 12.6. The Labute approximate surface area is 220 Å². The number of alkyl halides is 2. The van der Waals surface area contributed by atoms with E-state index in [1.165, 1.54) is 17.0 Å². The third kappa shape index (κ3) is 3.66. The molecule has 4 heterocycles. The first-order chi connectivity index (χ1) is 18.3. The minimum absolute atomic E-state index is 0.000716. The Morgan fingerprint density at radius 1 is 1.15 bits per heavy atom. The Balaban J connectivity index is 1.30. The zero-order valence-electron chi connectivity index (χ0n) is 20.7. The summed E-state index contributed by atoms with van der Waals surface area (Å²) in [5.41, 5.74) is 11.4. The van der Waals surface area contributed by atoms with Crippen LogP contribution >= 0.6 is 0 Å². The highest BCUT2D eigenvalue weighted by Crippen LogP contribution is 2.45. The maximum atomic E-state index is 13.9. The Bertz CT molecular complexity index is 1330. The Kier molecular flexibility index (Phi) is 5.43. The quantitative estimate of drug-likeness (QED) is 0.178. The summed E-state index contributed by atoms with van der Waals surface area (Å²) in [6, 6.07) is 1.19. The standard InChI is InChI=1S/C24H28F2N8O5/c25-22(26)7-6-12-11(8-22)2-1-3-13(12)19(37)30-15-10-34-21(28)29-14(9-33-16(35)4-5-17(33)36)18-23(34,24(15,38)39)32-20(27)31-18/h1-3,14-15,18,38-39H,4-10H2,(H2,28,29)(H,30,37)(H3,27,31,32)/t14-,15?,18?,23?/m0/s1. The SMILES string of the molecule is NC1=NC2[C@H](CN3C(=O)CCC3=O)N=C(N)N3CC(NC(=O)c4cccc5c4CCC(F)(F)C5)C(O)(O)C23N1. The monoisotopic (exact) mass is 546 g/mol.